The Balaban J connectivity index is 2.37. The van der Waals surface area contributed by atoms with Gasteiger partial charge in [0.15, 0.2) is 0 Å². The number of hydrogen-bond acceptors (Lipinski definition) is 6. The third-order valence-corrected chi connectivity index (χ3v) is 3.04. The molecule has 0 spiro atoms. The lowest BCUT2D eigenvalue weighted by Crippen LogP contribution is -2.17. The van der Waals surface area contributed by atoms with Crippen molar-refractivity contribution < 1.29 is 0 Å². The average molecular weight is 221 g/mol. The summed E-state index contributed by atoms with van der Waals surface area (Å²) >= 11 is 1.40. The lowest BCUT2D eigenvalue weighted by atomic mass is 10.1. The van der Waals surface area contributed by atoms with E-state index < -0.39 is 0 Å². The van der Waals surface area contributed by atoms with Gasteiger partial charge in [-0.05, 0) is 25.5 Å². The topological polar surface area (TPSA) is 63.6 Å². The molecule has 0 radical (unpaired) electrons. The lowest BCUT2D eigenvalue weighted by Gasteiger charge is -2.13. The molecule has 2 aromatic heterocycles. The molecule has 6 heteroatoms. The summed E-state index contributed by atoms with van der Waals surface area (Å²) in [4.78, 5) is 9.12. The maximum Gasteiger partial charge on any atom is 0.115 e. The minimum Gasteiger partial charge on any atom is -0.308 e. The maximum absolute atomic E-state index is 4.01. The predicted molar refractivity (Wildman–Crippen MR) is 57.6 cm³/mol. The molecule has 2 heterocycles. The van der Waals surface area contributed by atoms with E-state index in [2.05, 4.69) is 24.9 Å². The molecule has 2 aromatic rings. The van der Waals surface area contributed by atoms with E-state index in [0.717, 1.165) is 16.1 Å². The van der Waals surface area contributed by atoms with Crippen molar-refractivity contribution >= 4 is 11.5 Å². The minimum atomic E-state index is 0.0752. The van der Waals surface area contributed by atoms with Crippen LogP contribution in [0.15, 0.2) is 18.7 Å². The van der Waals surface area contributed by atoms with Gasteiger partial charge in [-0.2, -0.15) is 0 Å². The standard InChI is InChI=1S/C9H11N5S/c1-6-9(15-14-13-6)8(10-2)7-3-11-5-12-4-7/h3-5,8,10H,1-2H3. The van der Waals surface area contributed by atoms with Crippen molar-refractivity contribution in [2.24, 2.45) is 0 Å². The van der Waals surface area contributed by atoms with E-state index in [9.17, 15) is 0 Å². The number of nitrogens with one attached hydrogen (secondary N) is 1. The van der Waals surface area contributed by atoms with Gasteiger partial charge in [-0.1, -0.05) is 4.49 Å². The molecule has 0 saturated heterocycles. The van der Waals surface area contributed by atoms with E-state index in [0.29, 0.717) is 0 Å². The summed E-state index contributed by atoms with van der Waals surface area (Å²) in [7, 11) is 1.90. The highest BCUT2D eigenvalue weighted by atomic mass is 32.1. The summed E-state index contributed by atoms with van der Waals surface area (Å²) in [6, 6.07) is 0.0752. The molecule has 15 heavy (non-hydrogen) atoms. The molecule has 5 nitrogen and oxygen atoms in total. The summed E-state index contributed by atoms with van der Waals surface area (Å²) in [5.41, 5.74) is 1.97. The van der Waals surface area contributed by atoms with Gasteiger partial charge in [0.05, 0.1) is 16.6 Å². The van der Waals surface area contributed by atoms with E-state index in [1.165, 1.54) is 17.9 Å². The van der Waals surface area contributed by atoms with Gasteiger partial charge >= 0.3 is 0 Å². The molecular formula is C9H11N5S. The molecule has 2 rings (SSSR count). The Hall–Kier alpha value is -1.40. The molecule has 0 bridgehead atoms. The van der Waals surface area contributed by atoms with Crippen LogP contribution in [0.2, 0.25) is 0 Å². The van der Waals surface area contributed by atoms with Crippen molar-refractivity contribution in [2.45, 2.75) is 13.0 Å². The first-order chi connectivity index (χ1) is 7.33. The van der Waals surface area contributed by atoms with E-state index in [1.807, 2.05) is 14.0 Å². The Kier molecular flexibility index (Phi) is 2.98. The van der Waals surface area contributed by atoms with Crippen LogP contribution < -0.4 is 5.32 Å². The van der Waals surface area contributed by atoms with Gasteiger partial charge in [0, 0.05) is 18.0 Å². The maximum atomic E-state index is 4.01. The van der Waals surface area contributed by atoms with Gasteiger partial charge in [-0.25, -0.2) is 9.97 Å². The fourth-order valence-corrected chi connectivity index (χ4v) is 2.19. The molecule has 0 aromatic carbocycles. The van der Waals surface area contributed by atoms with Crippen molar-refractivity contribution in [1.29, 1.82) is 0 Å². The minimum absolute atomic E-state index is 0.0752. The van der Waals surface area contributed by atoms with E-state index in [4.69, 9.17) is 0 Å². The number of hydrogen-bond donors (Lipinski definition) is 1. The fraction of sp³-hybridized carbons (Fsp3) is 0.333. The molecule has 78 valence electrons. The summed E-state index contributed by atoms with van der Waals surface area (Å²) < 4.78 is 3.93. The zero-order chi connectivity index (χ0) is 10.7. The van der Waals surface area contributed by atoms with E-state index in [1.54, 1.807) is 12.4 Å². The van der Waals surface area contributed by atoms with Gasteiger partial charge in [-0.3, -0.25) is 0 Å². The monoisotopic (exact) mass is 221 g/mol. The first-order valence-corrected chi connectivity index (χ1v) is 5.31. The second kappa shape index (κ2) is 4.41. The van der Waals surface area contributed by atoms with Crippen LogP contribution in [0.3, 0.4) is 0 Å². The Labute approximate surface area is 91.8 Å². The zero-order valence-corrected chi connectivity index (χ0v) is 9.32. The molecule has 0 amide bonds. The summed E-state index contributed by atoms with van der Waals surface area (Å²) in [5.74, 6) is 0. The normalized spacial score (nSPS) is 12.7. The lowest BCUT2D eigenvalue weighted by molar-refractivity contribution is 0.690. The van der Waals surface area contributed by atoms with Crippen LogP contribution in [0, 0.1) is 6.92 Å². The molecule has 0 fully saturated rings. The molecule has 1 unspecified atom stereocenters. The van der Waals surface area contributed by atoms with Crippen LogP contribution in [0.5, 0.6) is 0 Å². The molecule has 0 saturated carbocycles. The van der Waals surface area contributed by atoms with Crippen molar-refractivity contribution in [3.05, 3.63) is 34.9 Å². The Bertz CT molecular complexity index is 427. The highest BCUT2D eigenvalue weighted by molar-refractivity contribution is 7.05. The fourth-order valence-electron chi connectivity index (χ4n) is 1.41. The van der Waals surface area contributed by atoms with Gasteiger partial charge in [0.2, 0.25) is 0 Å². The van der Waals surface area contributed by atoms with Crippen LogP contribution in [0.25, 0.3) is 0 Å². The molecule has 1 atom stereocenters. The molecule has 0 aliphatic rings. The number of aromatic nitrogens is 4. The Morgan fingerprint density at radius 3 is 2.60 bits per heavy atom. The van der Waals surface area contributed by atoms with Gasteiger partial charge in [0.1, 0.15) is 6.33 Å². The number of nitrogens with zero attached hydrogens (tertiary/aromatic N) is 4. The predicted octanol–water partition coefficient (Wildman–Crippen LogP) is 0.945. The van der Waals surface area contributed by atoms with Crippen LogP contribution >= 0.6 is 11.5 Å². The van der Waals surface area contributed by atoms with Crippen LogP contribution in [0.1, 0.15) is 22.2 Å². The van der Waals surface area contributed by atoms with Crippen LogP contribution in [-0.4, -0.2) is 26.6 Å². The summed E-state index contributed by atoms with van der Waals surface area (Å²) in [6.45, 7) is 1.95. The largest absolute Gasteiger partial charge is 0.308 e. The van der Waals surface area contributed by atoms with Crippen LogP contribution in [-0.2, 0) is 0 Å². The molecule has 0 aliphatic heterocycles. The van der Waals surface area contributed by atoms with E-state index >= 15 is 0 Å². The summed E-state index contributed by atoms with van der Waals surface area (Å²) in [5, 5.41) is 7.21. The second-order valence-electron chi connectivity index (χ2n) is 3.12. The van der Waals surface area contributed by atoms with Crippen LogP contribution in [0.4, 0.5) is 0 Å². The highest BCUT2D eigenvalue weighted by Gasteiger charge is 2.17. The van der Waals surface area contributed by atoms with Gasteiger partial charge in [-0.15, -0.1) is 5.10 Å². The highest BCUT2D eigenvalue weighted by Crippen LogP contribution is 2.24. The first-order valence-electron chi connectivity index (χ1n) is 4.54. The molecule has 1 N–H and O–H groups in total. The summed E-state index contributed by atoms with van der Waals surface area (Å²) in [6.07, 6.45) is 5.12. The van der Waals surface area contributed by atoms with Gasteiger partial charge < -0.3 is 5.32 Å². The van der Waals surface area contributed by atoms with Gasteiger partial charge in [0.25, 0.3) is 0 Å². The van der Waals surface area contributed by atoms with Crippen molar-refractivity contribution in [1.82, 2.24) is 24.9 Å². The van der Waals surface area contributed by atoms with Crippen molar-refractivity contribution in [3.63, 3.8) is 0 Å². The number of rotatable bonds is 3. The zero-order valence-electron chi connectivity index (χ0n) is 8.51. The van der Waals surface area contributed by atoms with E-state index in [-0.39, 0.29) is 6.04 Å². The molecular weight excluding hydrogens is 210 g/mol. The quantitative estimate of drug-likeness (QED) is 0.836. The average Bonchev–Trinajstić information content (AvgIpc) is 2.68. The van der Waals surface area contributed by atoms with Crippen molar-refractivity contribution in [2.75, 3.05) is 7.05 Å². The Morgan fingerprint density at radius 1 is 1.33 bits per heavy atom. The Morgan fingerprint density at radius 2 is 2.07 bits per heavy atom. The third-order valence-electron chi connectivity index (χ3n) is 2.15. The SMILES string of the molecule is CNC(c1cncnc1)c1snnc1C. The second-order valence-corrected chi connectivity index (χ2v) is 3.90. The number of aryl methyl sites for hydroxylation is 1. The third kappa shape index (κ3) is 2.00. The molecule has 0 aliphatic carbocycles. The van der Waals surface area contributed by atoms with Crippen molar-refractivity contribution in [3.8, 4) is 0 Å². The first kappa shape index (κ1) is 10.1. The smallest absolute Gasteiger partial charge is 0.115 e.